The SMILES string of the molecule is Cl.Nc1cnc(CCN2C(=O)CNC2=O)nc1-c1ccccc1. The maximum atomic E-state index is 11.5. The molecule has 1 saturated heterocycles. The van der Waals surface area contributed by atoms with Crippen molar-refractivity contribution in [2.75, 3.05) is 18.8 Å². The standard InChI is InChI=1S/C15H15N5O2.ClH/c16-11-8-17-12(6-7-20-13(21)9-18-15(20)22)19-14(11)10-4-2-1-3-5-10;/h1-5,8H,6-7,9,16H2,(H,18,22);1H. The van der Waals surface area contributed by atoms with E-state index in [9.17, 15) is 9.59 Å². The zero-order chi connectivity index (χ0) is 15.5. The Labute approximate surface area is 139 Å². The highest BCUT2D eigenvalue weighted by Crippen LogP contribution is 2.22. The number of hydrogen-bond donors (Lipinski definition) is 2. The van der Waals surface area contributed by atoms with Gasteiger partial charge in [-0.3, -0.25) is 9.69 Å². The van der Waals surface area contributed by atoms with Gasteiger partial charge in [0, 0.05) is 18.5 Å². The van der Waals surface area contributed by atoms with Crippen LogP contribution in [0, 0.1) is 0 Å². The van der Waals surface area contributed by atoms with Gasteiger partial charge in [-0.15, -0.1) is 12.4 Å². The van der Waals surface area contributed by atoms with Crippen LogP contribution in [0.4, 0.5) is 10.5 Å². The van der Waals surface area contributed by atoms with Crippen LogP contribution in [-0.2, 0) is 11.2 Å². The van der Waals surface area contributed by atoms with Crippen LogP contribution in [-0.4, -0.2) is 39.9 Å². The van der Waals surface area contributed by atoms with Crippen molar-refractivity contribution in [3.63, 3.8) is 0 Å². The van der Waals surface area contributed by atoms with Crippen LogP contribution in [0.3, 0.4) is 0 Å². The third-order valence-corrected chi connectivity index (χ3v) is 3.41. The monoisotopic (exact) mass is 333 g/mol. The van der Waals surface area contributed by atoms with Gasteiger partial charge in [-0.25, -0.2) is 14.8 Å². The molecule has 23 heavy (non-hydrogen) atoms. The number of nitrogen functional groups attached to an aromatic ring is 1. The van der Waals surface area contributed by atoms with Crippen LogP contribution in [0.15, 0.2) is 36.5 Å². The van der Waals surface area contributed by atoms with Crippen molar-refractivity contribution in [1.29, 1.82) is 0 Å². The van der Waals surface area contributed by atoms with Crippen molar-refractivity contribution in [2.45, 2.75) is 6.42 Å². The predicted octanol–water partition coefficient (Wildman–Crippen LogP) is 1.24. The van der Waals surface area contributed by atoms with Crippen LogP contribution in [0.2, 0.25) is 0 Å². The first-order valence-electron chi connectivity index (χ1n) is 6.90. The van der Waals surface area contributed by atoms with Crippen LogP contribution in [0.1, 0.15) is 5.82 Å². The molecule has 0 saturated carbocycles. The molecule has 1 aliphatic rings. The Hall–Kier alpha value is -2.67. The second kappa shape index (κ2) is 7.06. The molecular formula is C15H16ClN5O2. The molecule has 120 valence electrons. The lowest BCUT2D eigenvalue weighted by atomic mass is 10.1. The van der Waals surface area contributed by atoms with Gasteiger partial charge in [-0.05, 0) is 0 Å². The lowest BCUT2D eigenvalue weighted by Gasteiger charge is -2.12. The maximum Gasteiger partial charge on any atom is 0.324 e. The fourth-order valence-corrected chi connectivity index (χ4v) is 2.27. The highest BCUT2D eigenvalue weighted by Gasteiger charge is 2.28. The first kappa shape index (κ1) is 16.7. The van der Waals surface area contributed by atoms with Crippen LogP contribution < -0.4 is 11.1 Å². The van der Waals surface area contributed by atoms with Gasteiger partial charge in [-0.1, -0.05) is 30.3 Å². The van der Waals surface area contributed by atoms with Gasteiger partial charge >= 0.3 is 6.03 Å². The highest BCUT2D eigenvalue weighted by atomic mass is 35.5. The van der Waals surface area contributed by atoms with Crippen molar-refractivity contribution in [3.8, 4) is 11.3 Å². The lowest BCUT2D eigenvalue weighted by Crippen LogP contribution is -2.33. The van der Waals surface area contributed by atoms with Gasteiger partial charge in [0.2, 0.25) is 5.91 Å². The second-order valence-corrected chi connectivity index (χ2v) is 4.91. The van der Waals surface area contributed by atoms with E-state index in [1.807, 2.05) is 30.3 Å². The number of anilines is 1. The number of amides is 3. The number of hydrogen-bond acceptors (Lipinski definition) is 5. The zero-order valence-electron chi connectivity index (χ0n) is 12.2. The Morgan fingerprint density at radius 3 is 2.61 bits per heavy atom. The van der Waals surface area contributed by atoms with Crippen molar-refractivity contribution in [2.24, 2.45) is 0 Å². The van der Waals surface area contributed by atoms with E-state index in [1.54, 1.807) is 6.20 Å². The summed E-state index contributed by atoms with van der Waals surface area (Å²) < 4.78 is 0. The number of rotatable bonds is 4. The number of nitrogens with one attached hydrogen (secondary N) is 1. The molecule has 2 heterocycles. The molecule has 2 aromatic rings. The van der Waals surface area contributed by atoms with E-state index in [-0.39, 0.29) is 37.4 Å². The van der Waals surface area contributed by atoms with E-state index >= 15 is 0 Å². The average molecular weight is 334 g/mol. The molecule has 3 amide bonds. The maximum absolute atomic E-state index is 11.5. The summed E-state index contributed by atoms with van der Waals surface area (Å²) in [6, 6.07) is 9.19. The minimum atomic E-state index is -0.372. The van der Waals surface area contributed by atoms with Crippen molar-refractivity contribution in [1.82, 2.24) is 20.2 Å². The fraction of sp³-hybridized carbons (Fsp3) is 0.200. The number of carbonyl (C=O) groups is 2. The Morgan fingerprint density at radius 1 is 1.22 bits per heavy atom. The number of nitrogens with zero attached hydrogens (tertiary/aromatic N) is 3. The minimum absolute atomic E-state index is 0. The summed E-state index contributed by atoms with van der Waals surface area (Å²) in [6.45, 7) is 0.305. The molecule has 0 unspecified atom stereocenters. The van der Waals surface area contributed by atoms with Crippen LogP contribution in [0.25, 0.3) is 11.3 Å². The molecule has 0 atom stereocenters. The number of aromatic nitrogens is 2. The first-order valence-corrected chi connectivity index (χ1v) is 6.90. The van der Waals surface area contributed by atoms with E-state index in [0.29, 0.717) is 23.6 Å². The molecule has 1 aliphatic heterocycles. The highest BCUT2D eigenvalue weighted by molar-refractivity contribution is 6.01. The van der Waals surface area contributed by atoms with Crippen LogP contribution >= 0.6 is 12.4 Å². The van der Waals surface area contributed by atoms with E-state index < -0.39 is 0 Å². The fourth-order valence-electron chi connectivity index (χ4n) is 2.27. The van der Waals surface area contributed by atoms with E-state index in [1.165, 1.54) is 4.90 Å². The summed E-state index contributed by atoms with van der Waals surface area (Å²) in [5.74, 6) is 0.310. The Kier molecular flexibility index (Phi) is 5.13. The first-order chi connectivity index (χ1) is 10.6. The molecule has 7 nitrogen and oxygen atoms in total. The molecule has 1 fully saturated rings. The van der Waals surface area contributed by atoms with E-state index in [4.69, 9.17) is 5.73 Å². The van der Waals surface area contributed by atoms with Gasteiger partial charge in [0.15, 0.2) is 0 Å². The zero-order valence-corrected chi connectivity index (χ0v) is 13.0. The smallest absolute Gasteiger partial charge is 0.324 e. The second-order valence-electron chi connectivity index (χ2n) is 4.91. The number of urea groups is 1. The van der Waals surface area contributed by atoms with Gasteiger partial charge in [0.1, 0.15) is 5.82 Å². The van der Waals surface area contributed by atoms with Gasteiger partial charge < -0.3 is 11.1 Å². The summed E-state index contributed by atoms with van der Waals surface area (Å²) in [5.41, 5.74) is 7.98. The lowest BCUT2D eigenvalue weighted by molar-refractivity contribution is -0.124. The summed E-state index contributed by atoms with van der Waals surface area (Å²) in [5, 5.41) is 2.48. The molecule has 3 N–H and O–H groups in total. The van der Waals surface area contributed by atoms with Gasteiger partial charge in [0.25, 0.3) is 0 Å². The Balaban J connectivity index is 0.00000192. The average Bonchev–Trinajstić information content (AvgIpc) is 2.86. The molecule has 3 rings (SSSR count). The third kappa shape index (κ3) is 3.57. The quantitative estimate of drug-likeness (QED) is 0.820. The molecule has 0 spiro atoms. The summed E-state index contributed by atoms with van der Waals surface area (Å²) in [4.78, 5) is 32.8. The summed E-state index contributed by atoms with van der Waals surface area (Å²) >= 11 is 0. The van der Waals surface area contributed by atoms with E-state index in [2.05, 4.69) is 15.3 Å². The van der Waals surface area contributed by atoms with E-state index in [0.717, 1.165) is 5.56 Å². The van der Waals surface area contributed by atoms with Gasteiger partial charge in [0.05, 0.1) is 24.1 Å². The third-order valence-electron chi connectivity index (χ3n) is 3.41. The van der Waals surface area contributed by atoms with Crippen LogP contribution in [0.5, 0.6) is 0 Å². The number of imide groups is 1. The summed E-state index contributed by atoms with van der Waals surface area (Å²) in [6.07, 6.45) is 1.94. The normalized spacial score (nSPS) is 13.7. The molecule has 1 aromatic heterocycles. The molecule has 1 aromatic carbocycles. The molecule has 0 aliphatic carbocycles. The number of benzene rings is 1. The number of halogens is 1. The summed E-state index contributed by atoms with van der Waals surface area (Å²) in [7, 11) is 0. The number of carbonyl (C=O) groups excluding carboxylic acids is 2. The van der Waals surface area contributed by atoms with Crippen molar-refractivity contribution in [3.05, 3.63) is 42.4 Å². The Bertz CT molecular complexity index is 707. The number of nitrogens with two attached hydrogens (primary N) is 1. The molecule has 8 heteroatoms. The molecule has 0 bridgehead atoms. The van der Waals surface area contributed by atoms with Crippen molar-refractivity contribution < 1.29 is 9.59 Å². The van der Waals surface area contributed by atoms with Crippen molar-refractivity contribution >= 4 is 30.0 Å². The Morgan fingerprint density at radius 2 is 1.96 bits per heavy atom. The van der Waals surface area contributed by atoms with Gasteiger partial charge in [-0.2, -0.15) is 0 Å². The minimum Gasteiger partial charge on any atom is -0.396 e. The topological polar surface area (TPSA) is 101 Å². The predicted molar refractivity (Wildman–Crippen MR) is 87.9 cm³/mol. The molecule has 0 radical (unpaired) electrons. The largest absolute Gasteiger partial charge is 0.396 e. The molecular weight excluding hydrogens is 318 g/mol.